The van der Waals surface area contributed by atoms with E-state index in [4.69, 9.17) is 4.98 Å². The predicted molar refractivity (Wildman–Crippen MR) is 131 cm³/mol. The first-order valence-corrected chi connectivity index (χ1v) is 12.0. The first kappa shape index (κ1) is 18.7. The summed E-state index contributed by atoms with van der Waals surface area (Å²) in [4.78, 5) is 5.29. The maximum atomic E-state index is 5.29. The Balaban J connectivity index is 1.95. The van der Waals surface area contributed by atoms with Gasteiger partial charge in [0.15, 0.2) is 12.7 Å². The Labute approximate surface area is 178 Å². The van der Waals surface area contributed by atoms with E-state index in [1.54, 1.807) is 0 Å². The molecule has 0 unspecified atom stereocenters. The highest BCUT2D eigenvalue weighted by Crippen LogP contribution is 2.53. The van der Waals surface area contributed by atoms with Crippen molar-refractivity contribution in [3.8, 4) is 0 Å². The highest BCUT2D eigenvalue weighted by Gasteiger charge is 2.49. The first-order valence-electron chi connectivity index (χ1n) is 10.2. The number of aromatic nitrogens is 1. The fourth-order valence-electron chi connectivity index (χ4n) is 4.30. The van der Waals surface area contributed by atoms with Crippen LogP contribution in [0.1, 0.15) is 5.56 Å². The molecule has 4 aromatic carbocycles. The standard InChI is InChI=1S/C28H23NP/c1-22-21-28(29-27-20-12-11-19-26(22)27)30(23-13-5-2-6-14-23,24-15-7-3-8-16-24)25-17-9-4-10-18-25/h2-21H,1H3/q+1. The molecular formula is C28H23NP+. The van der Waals surface area contributed by atoms with Crippen molar-refractivity contribution < 1.29 is 0 Å². The number of para-hydroxylation sites is 1. The summed E-state index contributed by atoms with van der Waals surface area (Å²) < 4.78 is 0. The number of fused-ring (bicyclic) bond motifs is 1. The van der Waals surface area contributed by atoms with E-state index >= 15 is 0 Å². The van der Waals surface area contributed by atoms with Crippen LogP contribution in [0.15, 0.2) is 121 Å². The van der Waals surface area contributed by atoms with Gasteiger partial charge in [-0.2, -0.15) is 0 Å². The van der Waals surface area contributed by atoms with Crippen molar-refractivity contribution in [2.75, 3.05) is 0 Å². The number of pyridine rings is 1. The zero-order chi connectivity index (χ0) is 20.4. The van der Waals surface area contributed by atoms with Crippen molar-refractivity contribution in [1.29, 1.82) is 0 Å². The molecule has 5 aromatic rings. The van der Waals surface area contributed by atoms with Gasteiger partial charge in [-0.3, -0.25) is 0 Å². The number of rotatable bonds is 4. The van der Waals surface area contributed by atoms with E-state index in [0.29, 0.717) is 0 Å². The zero-order valence-corrected chi connectivity index (χ0v) is 17.8. The predicted octanol–water partition coefficient (Wildman–Crippen LogP) is 5.16. The fraction of sp³-hybridized carbons (Fsp3) is 0.0357. The molecule has 0 atom stereocenters. The summed E-state index contributed by atoms with van der Waals surface area (Å²) in [6.45, 7) is 2.20. The van der Waals surface area contributed by atoms with Crippen LogP contribution < -0.4 is 21.3 Å². The van der Waals surface area contributed by atoms with Crippen LogP contribution in [-0.2, 0) is 0 Å². The highest BCUT2D eigenvalue weighted by molar-refractivity contribution is 8.01. The molecule has 0 aliphatic heterocycles. The normalized spacial score (nSPS) is 11.5. The van der Waals surface area contributed by atoms with Crippen molar-refractivity contribution in [1.82, 2.24) is 4.98 Å². The second-order valence-corrected chi connectivity index (χ2v) is 10.8. The van der Waals surface area contributed by atoms with E-state index in [1.807, 2.05) is 0 Å². The van der Waals surface area contributed by atoms with E-state index < -0.39 is 7.26 Å². The molecule has 5 rings (SSSR count). The van der Waals surface area contributed by atoms with Gasteiger partial charge >= 0.3 is 0 Å². The van der Waals surface area contributed by atoms with Gasteiger partial charge in [-0.15, -0.1) is 0 Å². The van der Waals surface area contributed by atoms with E-state index in [9.17, 15) is 0 Å². The number of hydrogen-bond acceptors (Lipinski definition) is 1. The Morgan fingerprint density at radius 1 is 0.533 bits per heavy atom. The number of aryl methyl sites for hydroxylation is 1. The molecule has 0 fully saturated rings. The molecule has 0 saturated heterocycles. The molecular weight excluding hydrogens is 381 g/mol. The molecule has 0 amide bonds. The van der Waals surface area contributed by atoms with Crippen molar-refractivity contribution in [2.45, 2.75) is 6.92 Å². The molecule has 1 aromatic heterocycles. The molecule has 2 heteroatoms. The van der Waals surface area contributed by atoms with Gasteiger partial charge in [0.05, 0.1) is 5.52 Å². The second kappa shape index (κ2) is 7.86. The van der Waals surface area contributed by atoms with E-state index in [-0.39, 0.29) is 0 Å². The lowest BCUT2D eigenvalue weighted by atomic mass is 10.1. The van der Waals surface area contributed by atoms with Gasteiger partial charge in [-0.1, -0.05) is 72.8 Å². The van der Waals surface area contributed by atoms with Gasteiger partial charge < -0.3 is 0 Å². The van der Waals surface area contributed by atoms with Crippen LogP contribution in [0.5, 0.6) is 0 Å². The summed E-state index contributed by atoms with van der Waals surface area (Å²) in [6, 6.07) is 43.5. The number of benzene rings is 4. The van der Waals surface area contributed by atoms with Crippen LogP contribution >= 0.6 is 7.26 Å². The highest BCUT2D eigenvalue weighted by atomic mass is 31.2. The van der Waals surface area contributed by atoms with Gasteiger partial charge in [0, 0.05) is 11.5 Å². The third-order valence-electron chi connectivity index (χ3n) is 5.68. The molecule has 0 aliphatic rings. The zero-order valence-electron chi connectivity index (χ0n) is 16.9. The Hall–Kier alpha value is -3.28. The van der Waals surface area contributed by atoms with Gasteiger partial charge in [-0.25, -0.2) is 4.98 Å². The third-order valence-corrected chi connectivity index (χ3v) is 9.82. The van der Waals surface area contributed by atoms with Crippen LogP contribution in [0.3, 0.4) is 0 Å². The minimum absolute atomic E-state index is 1.06. The summed E-state index contributed by atoms with van der Waals surface area (Å²) in [5, 5.41) is 5.19. The van der Waals surface area contributed by atoms with Crippen LogP contribution in [0.4, 0.5) is 0 Å². The third kappa shape index (κ3) is 3.03. The summed E-state index contributed by atoms with van der Waals surface area (Å²) in [5.41, 5.74) is 3.48. The quantitative estimate of drug-likeness (QED) is 0.377. The van der Waals surface area contributed by atoms with Crippen LogP contribution in [0.25, 0.3) is 10.9 Å². The molecule has 1 heterocycles. The Morgan fingerprint density at radius 3 is 1.47 bits per heavy atom. The molecule has 0 radical (unpaired) electrons. The number of hydrogen-bond donors (Lipinski definition) is 0. The Morgan fingerprint density at radius 2 is 0.967 bits per heavy atom. The van der Waals surface area contributed by atoms with Crippen molar-refractivity contribution in [2.24, 2.45) is 0 Å². The van der Waals surface area contributed by atoms with Crippen LogP contribution in [0, 0.1) is 6.92 Å². The molecule has 0 N–H and O–H groups in total. The number of nitrogens with zero attached hydrogens (tertiary/aromatic N) is 1. The Bertz CT molecular complexity index is 1190. The minimum Gasteiger partial charge on any atom is -0.213 e. The largest absolute Gasteiger partial charge is 0.213 e. The van der Waals surface area contributed by atoms with Gasteiger partial charge in [0.1, 0.15) is 15.9 Å². The van der Waals surface area contributed by atoms with Crippen molar-refractivity contribution >= 4 is 39.5 Å². The average Bonchev–Trinajstić information content (AvgIpc) is 2.82. The lowest BCUT2D eigenvalue weighted by molar-refractivity contribution is 1.42. The lowest BCUT2D eigenvalue weighted by Gasteiger charge is -2.27. The molecule has 0 spiro atoms. The van der Waals surface area contributed by atoms with E-state index in [0.717, 1.165) is 11.0 Å². The first-order chi connectivity index (χ1) is 14.8. The second-order valence-electron chi connectivity index (χ2n) is 7.49. The maximum Gasteiger partial charge on any atom is 0.199 e. The summed E-state index contributed by atoms with van der Waals surface area (Å²) in [6.07, 6.45) is 0. The van der Waals surface area contributed by atoms with E-state index in [1.165, 1.54) is 26.9 Å². The molecule has 1 nitrogen and oxygen atoms in total. The summed E-state index contributed by atoms with van der Waals surface area (Å²) >= 11 is 0. The Kier molecular flexibility index (Phi) is 4.91. The molecule has 144 valence electrons. The molecule has 0 saturated carbocycles. The van der Waals surface area contributed by atoms with Gasteiger partial charge in [0.25, 0.3) is 0 Å². The topological polar surface area (TPSA) is 12.9 Å². The minimum atomic E-state index is -2.15. The SMILES string of the molecule is Cc1cc([P+](c2ccccc2)(c2ccccc2)c2ccccc2)nc2ccccc12. The summed E-state index contributed by atoms with van der Waals surface area (Å²) in [7, 11) is -2.15. The average molecular weight is 404 g/mol. The lowest BCUT2D eigenvalue weighted by Crippen LogP contribution is -2.40. The van der Waals surface area contributed by atoms with E-state index in [2.05, 4.69) is 128 Å². The van der Waals surface area contributed by atoms with Crippen LogP contribution in [0.2, 0.25) is 0 Å². The molecule has 0 aliphatic carbocycles. The van der Waals surface area contributed by atoms with Crippen LogP contribution in [-0.4, -0.2) is 4.98 Å². The van der Waals surface area contributed by atoms with Gasteiger partial charge in [-0.05, 0) is 55.0 Å². The van der Waals surface area contributed by atoms with Crippen molar-refractivity contribution in [3.63, 3.8) is 0 Å². The monoisotopic (exact) mass is 404 g/mol. The smallest absolute Gasteiger partial charge is 0.199 e. The molecule has 30 heavy (non-hydrogen) atoms. The maximum absolute atomic E-state index is 5.29. The molecule has 0 bridgehead atoms. The van der Waals surface area contributed by atoms with Gasteiger partial charge in [0.2, 0.25) is 0 Å². The fourth-order valence-corrected chi connectivity index (χ4v) is 8.49. The summed E-state index contributed by atoms with van der Waals surface area (Å²) in [5.74, 6) is 0. The van der Waals surface area contributed by atoms with Crippen molar-refractivity contribution in [3.05, 3.63) is 127 Å².